The van der Waals surface area contributed by atoms with Crippen molar-refractivity contribution >= 4 is 29.1 Å². The molecule has 1 saturated heterocycles. The van der Waals surface area contributed by atoms with Crippen LogP contribution in [0.25, 0.3) is 16.9 Å². The van der Waals surface area contributed by atoms with Crippen molar-refractivity contribution in [2.45, 2.75) is 12.3 Å². The van der Waals surface area contributed by atoms with Crippen molar-refractivity contribution in [1.82, 2.24) is 24.3 Å². The van der Waals surface area contributed by atoms with Crippen LogP contribution in [-0.4, -0.2) is 49.2 Å². The predicted molar refractivity (Wildman–Crippen MR) is 139 cm³/mol. The van der Waals surface area contributed by atoms with Gasteiger partial charge in [0, 0.05) is 42.5 Å². The molecule has 0 aliphatic carbocycles. The number of nitrogens with zero attached hydrogens (tertiary/aromatic N) is 7. The average molecular weight is 504 g/mol. The molecule has 4 aromatic rings. The van der Waals surface area contributed by atoms with Crippen LogP contribution in [0.15, 0.2) is 61.4 Å². The number of nitriles is 2. The van der Waals surface area contributed by atoms with Crippen LogP contribution in [0.5, 0.6) is 0 Å². The fourth-order valence-electron chi connectivity index (χ4n) is 4.61. The number of nitrogens with two attached hydrogens (primary N) is 1. The van der Waals surface area contributed by atoms with Crippen molar-refractivity contribution in [3.05, 3.63) is 83.8 Å². The van der Waals surface area contributed by atoms with E-state index in [0.29, 0.717) is 30.0 Å². The monoisotopic (exact) mass is 503 g/mol. The Morgan fingerprint density at radius 1 is 1.13 bits per heavy atom. The number of imidazole rings is 1. The maximum atomic E-state index is 12.9. The van der Waals surface area contributed by atoms with Gasteiger partial charge in [0.1, 0.15) is 11.6 Å². The Balaban J connectivity index is 1.52. The van der Waals surface area contributed by atoms with E-state index in [1.807, 2.05) is 6.07 Å². The van der Waals surface area contributed by atoms with Crippen molar-refractivity contribution in [2.24, 2.45) is 0 Å². The number of amides is 2. The highest BCUT2D eigenvalue weighted by Gasteiger charge is 2.31. The lowest BCUT2D eigenvalue weighted by Crippen LogP contribution is -2.26. The minimum Gasteiger partial charge on any atom is -0.369 e. The third-order valence-corrected chi connectivity index (χ3v) is 6.44. The van der Waals surface area contributed by atoms with Gasteiger partial charge >= 0.3 is 0 Å². The molecule has 1 aliphatic rings. The first-order chi connectivity index (χ1) is 18.4. The first-order valence-corrected chi connectivity index (χ1v) is 11.7. The SMILES string of the molecule is C=CC(=O)N1CCC(c2nc(-c3ccc(C(=O)Nc4cc(C#N)ccn4)cc3C#N)n3c(N)nccc23)C1. The van der Waals surface area contributed by atoms with E-state index in [9.17, 15) is 14.9 Å². The average Bonchev–Trinajstić information content (AvgIpc) is 3.58. The Labute approximate surface area is 217 Å². The molecule has 3 aromatic heterocycles. The Hall–Kier alpha value is -5.55. The van der Waals surface area contributed by atoms with E-state index in [-0.39, 0.29) is 34.7 Å². The summed E-state index contributed by atoms with van der Waals surface area (Å²) < 4.78 is 1.68. The highest BCUT2D eigenvalue weighted by molar-refractivity contribution is 6.04. The summed E-state index contributed by atoms with van der Waals surface area (Å²) in [5, 5.41) is 21.7. The molecular weight excluding hydrogens is 482 g/mol. The number of hydrogen-bond acceptors (Lipinski definition) is 8. The van der Waals surface area contributed by atoms with Crippen molar-refractivity contribution < 1.29 is 9.59 Å². The summed E-state index contributed by atoms with van der Waals surface area (Å²) in [5.74, 6) is 0.191. The fraction of sp³-hybridized carbons (Fsp3) is 0.148. The van der Waals surface area contributed by atoms with E-state index in [1.54, 1.807) is 33.7 Å². The Bertz CT molecular complexity index is 1690. The zero-order chi connectivity index (χ0) is 26.8. The molecule has 1 aromatic carbocycles. The number of nitrogen functional groups attached to an aromatic ring is 1. The second-order valence-corrected chi connectivity index (χ2v) is 8.69. The van der Waals surface area contributed by atoms with Gasteiger partial charge in [-0.2, -0.15) is 10.5 Å². The van der Waals surface area contributed by atoms with Crippen molar-refractivity contribution in [1.29, 1.82) is 10.5 Å². The second kappa shape index (κ2) is 9.84. The maximum Gasteiger partial charge on any atom is 0.256 e. The quantitative estimate of drug-likeness (QED) is 0.392. The lowest BCUT2D eigenvalue weighted by Gasteiger charge is -2.13. The van der Waals surface area contributed by atoms with Gasteiger partial charge in [0.15, 0.2) is 0 Å². The molecule has 1 atom stereocenters. The van der Waals surface area contributed by atoms with Crippen LogP contribution in [0, 0.1) is 22.7 Å². The van der Waals surface area contributed by atoms with Crippen LogP contribution in [-0.2, 0) is 4.79 Å². The Morgan fingerprint density at radius 3 is 2.71 bits per heavy atom. The summed E-state index contributed by atoms with van der Waals surface area (Å²) in [6.07, 6.45) is 5.04. The molecule has 0 spiro atoms. The lowest BCUT2D eigenvalue weighted by atomic mass is 10.0. The number of aromatic nitrogens is 4. The van der Waals surface area contributed by atoms with E-state index in [2.05, 4.69) is 27.9 Å². The van der Waals surface area contributed by atoms with Gasteiger partial charge in [-0.1, -0.05) is 6.58 Å². The highest BCUT2D eigenvalue weighted by atomic mass is 16.2. The molecule has 11 nitrogen and oxygen atoms in total. The predicted octanol–water partition coefficient (Wildman–Crippen LogP) is 2.87. The van der Waals surface area contributed by atoms with Crippen LogP contribution in [0.2, 0.25) is 0 Å². The topological polar surface area (TPSA) is 166 Å². The van der Waals surface area contributed by atoms with Crippen molar-refractivity contribution in [2.75, 3.05) is 24.1 Å². The molecular formula is C27H21N9O2. The number of pyridine rings is 1. The van der Waals surface area contributed by atoms with Crippen molar-refractivity contribution in [3.8, 4) is 23.5 Å². The maximum absolute atomic E-state index is 12.9. The van der Waals surface area contributed by atoms with Gasteiger partial charge in [-0.25, -0.2) is 15.0 Å². The number of hydrogen-bond donors (Lipinski definition) is 2. The number of carbonyl (C=O) groups excluding carboxylic acids is 2. The molecule has 38 heavy (non-hydrogen) atoms. The van der Waals surface area contributed by atoms with Gasteiger partial charge in [0.05, 0.1) is 34.5 Å². The first kappa shape index (κ1) is 24.2. The summed E-state index contributed by atoms with van der Waals surface area (Å²) in [6, 6.07) is 13.6. The van der Waals surface area contributed by atoms with E-state index < -0.39 is 5.91 Å². The van der Waals surface area contributed by atoms with Crippen LogP contribution in [0.4, 0.5) is 11.8 Å². The van der Waals surface area contributed by atoms with Gasteiger partial charge in [0.25, 0.3) is 5.91 Å². The standard InChI is InChI=1S/C27H21N9O2/c1-2-23(37)35-10-7-18(15-35)24-21-6-9-32-27(30)36(21)25(34-24)20-4-3-17(12-19(20)14-29)26(38)33-22-11-16(13-28)5-8-31-22/h2-6,8-9,11-12,18H,1,7,10,15H2,(H2,30,32)(H,31,33,38). The zero-order valence-corrected chi connectivity index (χ0v) is 20.1. The largest absolute Gasteiger partial charge is 0.369 e. The zero-order valence-electron chi connectivity index (χ0n) is 20.1. The number of nitrogens with one attached hydrogen (secondary N) is 1. The molecule has 4 heterocycles. The molecule has 1 fully saturated rings. The molecule has 0 radical (unpaired) electrons. The van der Waals surface area contributed by atoms with Gasteiger partial charge in [0.2, 0.25) is 11.9 Å². The summed E-state index contributed by atoms with van der Waals surface area (Å²) in [6.45, 7) is 4.64. The van der Waals surface area contributed by atoms with E-state index in [0.717, 1.165) is 17.6 Å². The summed E-state index contributed by atoms with van der Waals surface area (Å²) in [5.41, 5.74) is 9.01. The second-order valence-electron chi connectivity index (χ2n) is 8.69. The molecule has 186 valence electrons. The molecule has 5 rings (SSSR count). The van der Waals surface area contributed by atoms with Gasteiger partial charge in [-0.15, -0.1) is 0 Å². The van der Waals surface area contributed by atoms with Gasteiger partial charge < -0.3 is 16.0 Å². The highest BCUT2D eigenvalue weighted by Crippen LogP contribution is 2.35. The number of likely N-dealkylation sites (tertiary alicyclic amines) is 1. The normalized spacial score (nSPS) is 14.6. The van der Waals surface area contributed by atoms with Crippen molar-refractivity contribution in [3.63, 3.8) is 0 Å². The first-order valence-electron chi connectivity index (χ1n) is 11.7. The Kier molecular flexibility index (Phi) is 6.25. The third-order valence-electron chi connectivity index (χ3n) is 6.44. The molecule has 3 N–H and O–H groups in total. The van der Waals surface area contributed by atoms with E-state index in [1.165, 1.54) is 30.5 Å². The summed E-state index contributed by atoms with van der Waals surface area (Å²) in [4.78, 5) is 39.8. The third kappa shape index (κ3) is 4.29. The Morgan fingerprint density at radius 2 is 1.95 bits per heavy atom. The van der Waals surface area contributed by atoms with Gasteiger partial charge in [-0.05, 0) is 48.9 Å². The molecule has 0 saturated carbocycles. The van der Waals surface area contributed by atoms with Crippen LogP contribution < -0.4 is 11.1 Å². The van der Waals surface area contributed by atoms with Gasteiger partial charge in [-0.3, -0.25) is 14.0 Å². The number of benzene rings is 1. The smallest absolute Gasteiger partial charge is 0.256 e. The molecule has 1 aliphatic heterocycles. The molecule has 2 amide bonds. The number of rotatable bonds is 5. The molecule has 1 unspecified atom stereocenters. The number of fused-ring (bicyclic) bond motifs is 1. The number of anilines is 2. The van der Waals surface area contributed by atoms with E-state index >= 15 is 0 Å². The fourth-order valence-corrected chi connectivity index (χ4v) is 4.61. The summed E-state index contributed by atoms with van der Waals surface area (Å²) in [7, 11) is 0. The molecule has 0 bridgehead atoms. The summed E-state index contributed by atoms with van der Waals surface area (Å²) >= 11 is 0. The van der Waals surface area contributed by atoms with Crippen LogP contribution in [0.1, 0.15) is 39.5 Å². The minimum absolute atomic E-state index is 0.0308. The lowest BCUT2D eigenvalue weighted by molar-refractivity contribution is -0.125. The van der Waals surface area contributed by atoms with Crippen LogP contribution in [0.3, 0.4) is 0 Å². The molecule has 11 heteroatoms. The van der Waals surface area contributed by atoms with Crippen LogP contribution >= 0.6 is 0 Å². The minimum atomic E-state index is -0.483. The van der Waals surface area contributed by atoms with E-state index in [4.69, 9.17) is 16.0 Å². The number of carbonyl (C=O) groups is 2.